The Balaban J connectivity index is 1.52. The first kappa shape index (κ1) is 29.0. The summed E-state index contributed by atoms with van der Waals surface area (Å²) in [7, 11) is 0. The number of nitrogens with zero attached hydrogens (tertiary/aromatic N) is 1. The Labute approximate surface area is 235 Å². The Hall–Kier alpha value is -1.56. The third-order valence-corrected chi connectivity index (χ3v) is 12.2. The molecule has 6 heteroatoms. The van der Waals surface area contributed by atoms with Crippen LogP contribution < -0.4 is 0 Å². The van der Waals surface area contributed by atoms with Crippen LogP contribution in [-0.4, -0.2) is 46.5 Å². The van der Waals surface area contributed by atoms with Gasteiger partial charge in [0, 0.05) is 42.7 Å². The van der Waals surface area contributed by atoms with Gasteiger partial charge in [0.05, 0.1) is 5.92 Å². The number of ketones is 2. The van der Waals surface area contributed by atoms with Gasteiger partial charge in [0.25, 0.3) is 0 Å². The highest BCUT2D eigenvalue weighted by atomic mass is 16.3. The Morgan fingerprint density at radius 2 is 1.49 bits per heavy atom. The lowest BCUT2D eigenvalue weighted by molar-refractivity contribution is -0.168. The van der Waals surface area contributed by atoms with Gasteiger partial charge >= 0.3 is 0 Å². The first-order valence-corrected chi connectivity index (χ1v) is 15.9. The van der Waals surface area contributed by atoms with Crippen LogP contribution in [0.2, 0.25) is 0 Å². The molecule has 1 N–H and O–H groups in total. The molecule has 6 nitrogen and oxygen atoms in total. The zero-order chi connectivity index (χ0) is 28.4. The van der Waals surface area contributed by atoms with E-state index in [2.05, 4.69) is 6.92 Å². The number of hydrogen-bond donors (Lipinski definition) is 1. The summed E-state index contributed by atoms with van der Waals surface area (Å²) in [5, 5.41) is 9.29. The third kappa shape index (κ3) is 4.65. The molecule has 7 fully saturated rings. The van der Waals surface area contributed by atoms with E-state index in [-0.39, 0.29) is 59.8 Å². The molecule has 0 aromatic heterocycles. The Kier molecular flexibility index (Phi) is 7.93. The highest BCUT2D eigenvalue weighted by Gasteiger charge is 2.63. The summed E-state index contributed by atoms with van der Waals surface area (Å²) in [6.07, 6.45) is 7.06. The normalized spacial score (nSPS) is 43.8. The van der Waals surface area contributed by atoms with E-state index >= 15 is 0 Å². The van der Waals surface area contributed by atoms with Gasteiger partial charge in [0.1, 0.15) is 11.6 Å². The summed E-state index contributed by atoms with van der Waals surface area (Å²) >= 11 is 0. The molecule has 1 aliphatic heterocycles. The molecule has 4 bridgehead atoms. The Morgan fingerprint density at radius 1 is 0.872 bits per heavy atom. The highest BCUT2D eigenvalue weighted by molar-refractivity contribution is 6.05. The summed E-state index contributed by atoms with van der Waals surface area (Å²) in [5.74, 6) is 2.68. The van der Waals surface area contributed by atoms with Crippen LogP contribution in [0.4, 0.5) is 0 Å². The molecule has 6 aliphatic carbocycles. The van der Waals surface area contributed by atoms with Crippen LogP contribution in [0.15, 0.2) is 0 Å². The van der Waals surface area contributed by atoms with Crippen molar-refractivity contribution in [2.45, 2.75) is 92.9 Å². The number of aliphatic hydroxyl groups is 1. The van der Waals surface area contributed by atoms with Crippen molar-refractivity contribution in [1.29, 1.82) is 0 Å². The fourth-order valence-corrected chi connectivity index (χ4v) is 10.7. The molecule has 0 aromatic carbocycles. The van der Waals surface area contributed by atoms with Crippen LogP contribution in [-0.2, 0) is 19.2 Å². The van der Waals surface area contributed by atoms with E-state index in [9.17, 15) is 24.3 Å². The molecule has 6 saturated carbocycles. The number of likely N-dealkylation sites (tertiary alicyclic amines) is 1. The fraction of sp³-hybridized carbons (Fsp3) is 0.879. The van der Waals surface area contributed by atoms with Gasteiger partial charge in [0.15, 0.2) is 0 Å². The molecule has 7 aliphatic rings. The molecule has 12 unspecified atom stereocenters. The minimum atomic E-state index is -0.394. The van der Waals surface area contributed by atoms with Crippen molar-refractivity contribution >= 4 is 23.4 Å². The number of hydrogen-bond acceptors (Lipinski definition) is 5. The van der Waals surface area contributed by atoms with E-state index in [1.54, 1.807) is 0 Å². The van der Waals surface area contributed by atoms with Crippen LogP contribution in [0.3, 0.4) is 0 Å². The summed E-state index contributed by atoms with van der Waals surface area (Å²) in [4.78, 5) is 55.5. The van der Waals surface area contributed by atoms with Gasteiger partial charge in [-0.15, -0.1) is 0 Å². The van der Waals surface area contributed by atoms with Gasteiger partial charge in [-0.05, 0) is 99.2 Å². The standard InChI is InChI=1S/C33H51NO5/c1-7-34-31(38)18(3)27(32(34)39)28-20-11-13-22(24(16-20)30(37)33(4,5)6)29(28)26-17(2)21-12-10-19(26)15-23(21)25(36)9-8-14-35/h17-24,26-29,35H,7-16H2,1-6H3. The van der Waals surface area contributed by atoms with Crippen LogP contribution in [0.5, 0.6) is 0 Å². The molecule has 218 valence electrons. The molecule has 1 saturated heterocycles. The Morgan fingerprint density at radius 3 is 2.05 bits per heavy atom. The minimum Gasteiger partial charge on any atom is -0.396 e. The summed E-state index contributed by atoms with van der Waals surface area (Å²) < 4.78 is 0. The van der Waals surface area contributed by atoms with Crippen molar-refractivity contribution in [3.05, 3.63) is 0 Å². The molecule has 12 atom stereocenters. The number of carbonyl (C=O) groups excluding carboxylic acids is 4. The predicted octanol–water partition coefficient (Wildman–Crippen LogP) is 5.16. The average molecular weight is 542 g/mol. The van der Waals surface area contributed by atoms with Crippen LogP contribution in [0.25, 0.3) is 0 Å². The van der Waals surface area contributed by atoms with Crippen molar-refractivity contribution < 1.29 is 24.3 Å². The van der Waals surface area contributed by atoms with Crippen molar-refractivity contribution in [2.75, 3.05) is 13.2 Å². The van der Waals surface area contributed by atoms with E-state index in [0.29, 0.717) is 60.5 Å². The fourth-order valence-electron chi connectivity index (χ4n) is 10.7. The van der Waals surface area contributed by atoms with Crippen LogP contribution in [0, 0.1) is 76.4 Å². The smallest absolute Gasteiger partial charge is 0.233 e. The molecule has 0 aromatic rings. The predicted molar refractivity (Wildman–Crippen MR) is 149 cm³/mol. The second kappa shape index (κ2) is 10.7. The molecular weight excluding hydrogens is 490 g/mol. The second-order valence-electron chi connectivity index (χ2n) is 14.9. The number of aliphatic hydroxyl groups excluding tert-OH is 1. The van der Waals surface area contributed by atoms with Gasteiger partial charge in [-0.2, -0.15) is 0 Å². The van der Waals surface area contributed by atoms with Gasteiger partial charge in [-0.1, -0.05) is 34.6 Å². The van der Waals surface area contributed by atoms with E-state index in [4.69, 9.17) is 0 Å². The lowest BCUT2D eigenvalue weighted by Gasteiger charge is -2.62. The SMILES string of the molecule is CCN1C(=O)C(C)C(C2C3CCC(C(C(=O)C(C)(C)C)C3)C2C2C3CCC(C(C(=O)CCCO)C3)C2C)C1=O. The lowest BCUT2D eigenvalue weighted by Crippen LogP contribution is -2.59. The number of Topliss-reactive ketones (excluding diaryl/α,β-unsaturated/α-hetero) is 2. The van der Waals surface area contributed by atoms with Crippen LogP contribution in [0.1, 0.15) is 92.9 Å². The quantitative estimate of drug-likeness (QED) is 0.429. The molecule has 0 radical (unpaired) electrons. The minimum absolute atomic E-state index is 0.0157. The van der Waals surface area contributed by atoms with Crippen LogP contribution >= 0.6 is 0 Å². The van der Waals surface area contributed by atoms with Crippen molar-refractivity contribution in [3.63, 3.8) is 0 Å². The molecule has 2 amide bonds. The molecule has 0 spiro atoms. The van der Waals surface area contributed by atoms with E-state index in [0.717, 1.165) is 38.5 Å². The van der Waals surface area contributed by atoms with Crippen molar-refractivity contribution in [2.24, 2.45) is 76.4 Å². The maximum Gasteiger partial charge on any atom is 0.233 e. The number of carbonyl (C=O) groups is 4. The maximum atomic E-state index is 13.8. The summed E-state index contributed by atoms with van der Waals surface area (Å²) in [6.45, 7) is 12.8. The maximum absolute atomic E-state index is 13.8. The highest BCUT2D eigenvalue weighted by Crippen LogP contribution is 2.65. The molecule has 1 heterocycles. The first-order valence-electron chi connectivity index (χ1n) is 15.9. The van der Waals surface area contributed by atoms with Crippen molar-refractivity contribution in [1.82, 2.24) is 4.90 Å². The van der Waals surface area contributed by atoms with Crippen molar-refractivity contribution in [3.8, 4) is 0 Å². The van der Waals surface area contributed by atoms with E-state index < -0.39 is 5.41 Å². The monoisotopic (exact) mass is 541 g/mol. The zero-order valence-corrected chi connectivity index (χ0v) is 25.0. The van der Waals surface area contributed by atoms with Gasteiger partial charge in [-0.3, -0.25) is 24.1 Å². The van der Waals surface area contributed by atoms with Gasteiger partial charge in [0.2, 0.25) is 11.8 Å². The molecule has 7 rings (SSSR count). The Bertz CT molecular complexity index is 997. The summed E-state index contributed by atoms with van der Waals surface area (Å²) in [5.41, 5.74) is -0.394. The number of amides is 2. The number of imide groups is 1. The molecule has 39 heavy (non-hydrogen) atoms. The zero-order valence-electron chi connectivity index (χ0n) is 25.0. The summed E-state index contributed by atoms with van der Waals surface area (Å²) in [6, 6.07) is 0. The third-order valence-electron chi connectivity index (χ3n) is 12.2. The van der Waals surface area contributed by atoms with E-state index in [1.807, 2.05) is 34.6 Å². The second-order valence-corrected chi connectivity index (χ2v) is 14.9. The van der Waals surface area contributed by atoms with E-state index in [1.165, 1.54) is 4.90 Å². The average Bonchev–Trinajstić information content (AvgIpc) is 3.13. The largest absolute Gasteiger partial charge is 0.396 e. The number of rotatable bonds is 8. The van der Waals surface area contributed by atoms with Gasteiger partial charge in [-0.25, -0.2) is 0 Å². The number of fused-ring (bicyclic) bond motifs is 7. The topological polar surface area (TPSA) is 91.8 Å². The first-order chi connectivity index (χ1) is 18.4. The lowest BCUT2D eigenvalue weighted by atomic mass is 9.41. The van der Waals surface area contributed by atoms with Gasteiger partial charge < -0.3 is 5.11 Å². The molecular formula is C33H51NO5.